The van der Waals surface area contributed by atoms with Crippen molar-refractivity contribution in [3.05, 3.63) is 0 Å². The van der Waals surface area contributed by atoms with Crippen LogP contribution >= 0.6 is 0 Å². The van der Waals surface area contributed by atoms with Crippen LogP contribution in [0.15, 0.2) is 0 Å². The Labute approximate surface area is 114 Å². The van der Waals surface area contributed by atoms with Crippen LogP contribution in [0.4, 0.5) is 0 Å². The van der Waals surface area contributed by atoms with Crippen LogP contribution in [0.5, 0.6) is 0 Å². The second kappa shape index (κ2) is 5.13. The van der Waals surface area contributed by atoms with Gasteiger partial charge in [0.25, 0.3) is 0 Å². The maximum Gasteiger partial charge on any atom is 0.0304 e. The zero-order valence-corrected chi connectivity index (χ0v) is 13.1. The molecule has 2 aliphatic rings. The maximum absolute atomic E-state index is 3.81. The standard InChI is InChI=1S/C16H32N2/c1-6-16(7-2)12-18(13(3)11-17-16)14-8-9-15(4,5)10-14/h13-14,17H,6-12H2,1-5H3. The predicted octanol–water partition coefficient (Wildman–Crippen LogP) is 3.42. The molecule has 1 aliphatic carbocycles. The number of nitrogens with one attached hydrogen (secondary N) is 1. The van der Waals surface area contributed by atoms with E-state index in [9.17, 15) is 0 Å². The highest BCUT2D eigenvalue weighted by molar-refractivity contribution is 5.00. The molecule has 0 bridgehead atoms. The fourth-order valence-electron chi connectivity index (χ4n) is 3.94. The molecule has 2 atom stereocenters. The van der Waals surface area contributed by atoms with Crippen molar-refractivity contribution in [3.8, 4) is 0 Å². The van der Waals surface area contributed by atoms with Crippen molar-refractivity contribution < 1.29 is 0 Å². The lowest BCUT2D eigenvalue weighted by atomic mass is 9.87. The predicted molar refractivity (Wildman–Crippen MR) is 78.9 cm³/mol. The summed E-state index contributed by atoms with van der Waals surface area (Å²) in [4.78, 5) is 2.82. The van der Waals surface area contributed by atoms with E-state index >= 15 is 0 Å². The Morgan fingerprint density at radius 2 is 1.89 bits per heavy atom. The van der Waals surface area contributed by atoms with Gasteiger partial charge in [-0.3, -0.25) is 4.90 Å². The molecule has 0 spiro atoms. The van der Waals surface area contributed by atoms with Gasteiger partial charge >= 0.3 is 0 Å². The van der Waals surface area contributed by atoms with Gasteiger partial charge in [-0.1, -0.05) is 27.7 Å². The molecule has 1 aliphatic heterocycles. The van der Waals surface area contributed by atoms with Gasteiger partial charge in [0.15, 0.2) is 0 Å². The van der Waals surface area contributed by atoms with Crippen molar-refractivity contribution in [3.63, 3.8) is 0 Å². The van der Waals surface area contributed by atoms with Gasteiger partial charge in [-0.05, 0) is 44.4 Å². The summed E-state index contributed by atoms with van der Waals surface area (Å²) in [6, 6.07) is 1.53. The summed E-state index contributed by atoms with van der Waals surface area (Å²) >= 11 is 0. The van der Waals surface area contributed by atoms with E-state index in [1.165, 1.54) is 45.2 Å². The monoisotopic (exact) mass is 252 g/mol. The van der Waals surface area contributed by atoms with E-state index in [1.807, 2.05) is 0 Å². The normalized spacial score (nSPS) is 35.8. The van der Waals surface area contributed by atoms with E-state index in [0.717, 1.165) is 6.04 Å². The van der Waals surface area contributed by atoms with E-state index in [1.54, 1.807) is 0 Å². The van der Waals surface area contributed by atoms with Crippen molar-refractivity contribution in [2.75, 3.05) is 13.1 Å². The molecule has 106 valence electrons. The van der Waals surface area contributed by atoms with Gasteiger partial charge < -0.3 is 5.32 Å². The third kappa shape index (κ3) is 2.75. The molecule has 1 N–H and O–H groups in total. The van der Waals surface area contributed by atoms with Gasteiger partial charge in [-0.25, -0.2) is 0 Å². The van der Waals surface area contributed by atoms with Gasteiger partial charge in [-0.2, -0.15) is 0 Å². The highest BCUT2D eigenvalue weighted by atomic mass is 15.3. The second-order valence-corrected chi connectivity index (χ2v) is 7.45. The molecular weight excluding hydrogens is 220 g/mol. The zero-order chi connectivity index (χ0) is 13.4. The zero-order valence-electron chi connectivity index (χ0n) is 13.1. The van der Waals surface area contributed by atoms with Crippen LogP contribution in [0.3, 0.4) is 0 Å². The van der Waals surface area contributed by atoms with Crippen molar-refractivity contribution in [2.24, 2.45) is 5.41 Å². The highest BCUT2D eigenvalue weighted by Crippen LogP contribution is 2.41. The molecule has 2 nitrogen and oxygen atoms in total. The summed E-state index contributed by atoms with van der Waals surface area (Å²) in [5, 5.41) is 3.81. The van der Waals surface area contributed by atoms with E-state index < -0.39 is 0 Å². The molecular formula is C16H32N2. The first-order valence-electron chi connectivity index (χ1n) is 7.92. The van der Waals surface area contributed by atoms with Gasteiger partial charge in [0, 0.05) is 30.7 Å². The second-order valence-electron chi connectivity index (χ2n) is 7.45. The molecule has 2 rings (SSSR count). The van der Waals surface area contributed by atoms with Crippen molar-refractivity contribution in [1.82, 2.24) is 10.2 Å². The molecule has 0 radical (unpaired) electrons. The van der Waals surface area contributed by atoms with Crippen LogP contribution in [0.1, 0.15) is 66.7 Å². The molecule has 0 aromatic rings. The smallest absolute Gasteiger partial charge is 0.0304 e. The number of nitrogens with zero attached hydrogens (tertiary/aromatic N) is 1. The van der Waals surface area contributed by atoms with Crippen LogP contribution in [-0.4, -0.2) is 35.6 Å². The summed E-state index contributed by atoms with van der Waals surface area (Å²) < 4.78 is 0. The Kier molecular flexibility index (Phi) is 4.08. The number of hydrogen-bond donors (Lipinski definition) is 1. The van der Waals surface area contributed by atoms with Gasteiger partial charge in [0.2, 0.25) is 0 Å². The first-order chi connectivity index (χ1) is 8.41. The van der Waals surface area contributed by atoms with Gasteiger partial charge in [0.05, 0.1) is 0 Å². The quantitative estimate of drug-likeness (QED) is 0.828. The number of hydrogen-bond acceptors (Lipinski definition) is 2. The molecule has 0 amide bonds. The Hall–Kier alpha value is -0.0800. The average molecular weight is 252 g/mol. The summed E-state index contributed by atoms with van der Waals surface area (Å²) in [7, 11) is 0. The summed E-state index contributed by atoms with van der Waals surface area (Å²) in [5.41, 5.74) is 0.940. The van der Waals surface area contributed by atoms with Crippen LogP contribution in [-0.2, 0) is 0 Å². The minimum atomic E-state index is 0.374. The summed E-state index contributed by atoms with van der Waals surface area (Å²) in [6.45, 7) is 14.4. The highest BCUT2D eigenvalue weighted by Gasteiger charge is 2.41. The number of piperazine rings is 1. The van der Waals surface area contributed by atoms with Crippen LogP contribution < -0.4 is 5.32 Å². The molecule has 2 unspecified atom stereocenters. The third-order valence-corrected chi connectivity index (χ3v) is 5.59. The minimum Gasteiger partial charge on any atom is -0.308 e. The molecule has 1 heterocycles. The topological polar surface area (TPSA) is 15.3 Å². The van der Waals surface area contributed by atoms with Crippen LogP contribution in [0, 0.1) is 5.41 Å². The maximum atomic E-state index is 3.81. The largest absolute Gasteiger partial charge is 0.308 e. The van der Waals surface area contributed by atoms with E-state index in [-0.39, 0.29) is 0 Å². The summed E-state index contributed by atoms with van der Waals surface area (Å²) in [6.07, 6.45) is 6.70. The van der Waals surface area contributed by atoms with Crippen molar-refractivity contribution in [1.29, 1.82) is 0 Å². The van der Waals surface area contributed by atoms with E-state index in [2.05, 4.69) is 44.8 Å². The fourth-order valence-corrected chi connectivity index (χ4v) is 3.94. The Morgan fingerprint density at radius 1 is 1.22 bits per heavy atom. The third-order valence-electron chi connectivity index (χ3n) is 5.59. The molecule has 2 heteroatoms. The lowest BCUT2D eigenvalue weighted by molar-refractivity contribution is 0.0427. The Morgan fingerprint density at radius 3 is 2.39 bits per heavy atom. The molecule has 18 heavy (non-hydrogen) atoms. The van der Waals surface area contributed by atoms with Crippen molar-refractivity contribution in [2.45, 2.75) is 84.3 Å². The first kappa shape index (κ1) is 14.3. The lowest BCUT2D eigenvalue weighted by Gasteiger charge is -2.49. The molecule has 0 aromatic carbocycles. The molecule has 1 saturated carbocycles. The molecule has 2 fully saturated rings. The first-order valence-corrected chi connectivity index (χ1v) is 7.92. The fraction of sp³-hybridized carbons (Fsp3) is 1.00. The van der Waals surface area contributed by atoms with Gasteiger partial charge in [0.1, 0.15) is 0 Å². The SMILES string of the molecule is CCC1(CC)CN(C2CCC(C)(C)C2)C(C)CN1. The average Bonchev–Trinajstić information content (AvgIpc) is 2.71. The Bertz CT molecular complexity index is 281. The van der Waals surface area contributed by atoms with Crippen molar-refractivity contribution >= 4 is 0 Å². The minimum absolute atomic E-state index is 0.374. The van der Waals surface area contributed by atoms with E-state index in [0.29, 0.717) is 17.0 Å². The van der Waals surface area contributed by atoms with Crippen LogP contribution in [0.25, 0.3) is 0 Å². The van der Waals surface area contributed by atoms with Crippen LogP contribution in [0.2, 0.25) is 0 Å². The Balaban J connectivity index is 2.06. The lowest BCUT2D eigenvalue weighted by Crippen LogP contribution is -2.64. The molecule has 0 aromatic heterocycles. The summed E-state index contributed by atoms with van der Waals surface area (Å²) in [5.74, 6) is 0. The number of rotatable bonds is 3. The molecule has 1 saturated heterocycles. The van der Waals surface area contributed by atoms with Gasteiger partial charge in [-0.15, -0.1) is 0 Å². The van der Waals surface area contributed by atoms with E-state index in [4.69, 9.17) is 0 Å².